The van der Waals surface area contributed by atoms with E-state index >= 15 is 0 Å². The van der Waals surface area contributed by atoms with Crippen LogP contribution in [0.3, 0.4) is 0 Å². The molecule has 1 aromatic carbocycles. The molecule has 0 saturated carbocycles. The monoisotopic (exact) mass is 158 g/mol. The minimum absolute atomic E-state index is 0.718. The lowest BCUT2D eigenvalue weighted by atomic mass is 10.1. The lowest BCUT2D eigenvalue weighted by molar-refractivity contribution is 0.413. The number of rotatable bonds is 2. The predicted molar refractivity (Wildman–Crippen MR) is 51.0 cm³/mol. The molecule has 0 fully saturated rings. The summed E-state index contributed by atoms with van der Waals surface area (Å²) in [6, 6.07) is 5.63. The molecule has 60 valence electrons. The molecule has 0 N–H and O–H groups in total. The maximum atomic E-state index is 5.32. The summed E-state index contributed by atoms with van der Waals surface area (Å²) >= 11 is 0. The van der Waals surface area contributed by atoms with Gasteiger partial charge >= 0.3 is 0 Å². The largest absolute Gasteiger partial charge is 0.495 e. The van der Waals surface area contributed by atoms with E-state index in [0.717, 1.165) is 16.9 Å². The Balaban J connectivity index is 3.34. The van der Waals surface area contributed by atoms with E-state index in [4.69, 9.17) is 11.2 Å². The lowest BCUT2D eigenvalue weighted by Gasteiger charge is -2.05. The zero-order valence-electron chi connectivity index (χ0n) is 7.00. The first-order chi connectivity index (χ1) is 5.83. The van der Waals surface area contributed by atoms with E-state index in [9.17, 15) is 0 Å². The number of ether oxygens (including phenoxy) is 1. The van der Waals surface area contributed by atoms with Crippen LogP contribution in [0.2, 0.25) is 0 Å². The molecule has 0 radical (unpaired) electrons. The highest BCUT2D eigenvalue weighted by Crippen LogP contribution is 2.21. The van der Waals surface area contributed by atoms with Crippen LogP contribution >= 0.6 is 0 Å². The van der Waals surface area contributed by atoms with Crippen molar-refractivity contribution in [3.05, 3.63) is 35.9 Å². The van der Waals surface area contributed by atoms with Crippen LogP contribution in [0.1, 0.15) is 11.1 Å². The van der Waals surface area contributed by atoms with Gasteiger partial charge in [-0.1, -0.05) is 30.7 Å². The van der Waals surface area contributed by atoms with Gasteiger partial charge in [0.2, 0.25) is 0 Å². The second-order valence-electron chi connectivity index (χ2n) is 2.27. The fourth-order valence-electron chi connectivity index (χ4n) is 1.04. The van der Waals surface area contributed by atoms with Crippen LogP contribution in [0.4, 0.5) is 0 Å². The highest BCUT2D eigenvalue weighted by atomic mass is 16.5. The van der Waals surface area contributed by atoms with Gasteiger partial charge in [0.25, 0.3) is 0 Å². The SMILES string of the molecule is C#Cc1c(C=C)cccc1OC. The van der Waals surface area contributed by atoms with Crippen molar-refractivity contribution in [2.45, 2.75) is 0 Å². The van der Waals surface area contributed by atoms with Gasteiger partial charge in [0.15, 0.2) is 0 Å². The van der Waals surface area contributed by atoms with E-state index in [1.807, 2.05) is 18.2 Å². The average Bonchev–Trinajstić information content (AvgIpc) is 2.16. The van der Waals surface area contributed by atoms with Gasteiger partial charge in [-0.05, 0) is 11.6 Å². The van der Waals surface area contributed by atoms with Crippen molar-refractivity contribution < 1.29 is 4.74 Å². The fraction of sp³-hybridized carbons (Fsp3) is 0.0909. The minimum atomic E-state index is 0.718. The summed E-state index contributed by atoms with van der Waals surface area (Å²) in [7, 11) is 1.60. The smallest absolute Gasteiger partial charge is 0.135 e. The molecule has 0 aliphatic heterocycles. The molecule has 1 aromatic rings. The minimum Gasteiger partial charge on any atom is -0.495 e. The Morgan fingerprint density at radius 2 is 2.33 bits per heavy atom. The third-order valence-corrected chi connectivity index (χ3v) is 1.64. The molecule has 0 saturated heterocycles. The number of hydrogen-bond donors (Lipinski definition) is 0. The number of terminal acetylenes is 1. The molecular formula is C11H10O. The molecule has 0 spiro atoms. The van der Waals surface area contributed by atoms with E-state index in [-0.39, 0.29) is 0 Å². The van der Waals surface area contributed by atoms with Crippen LogP contribution in [0.15, 0.2) is 24.8 Å². The van der Waals surface area contributed by atoms with Crippen LogP contribution in [0.25, 0.3) is 6.08 Å². The molecule has 0 heterocycles. The summed E-state index contributed by atoms with van der Waals surface area (Å²) < 4.78 is 5.09. The van der Waals surface area contributed by atoms with Crippen molar-refractivity contribution >= 4 is 6.08 Å². The Bertz CT molecular complexity index is 331. The summed E-state index contributed by atoms with van der Waals surface area (Å²) in [4.78, 5) is 0. The topological polar surface area (TPSA) is 9.23 Å². The summed E-state index contributed by atoms with van der Waals surface area (Å²) in [5, 5.41) is 0. The van der Waals surface area contributed by atoms with Gasteiger partial charge < -0.3 is 4.74 Å². The van der Waals surface area contributed by atoms with Crippen molar-refractivity contribution in [3.63, 3.8) is 0 Å². The third-order valence-electron chi connectivity index (χ3n) is 1.64. The first kappa shape index (κ1) is 8.42. The highest BCUT2D eigenvalue weighted by Gasteiger charge is 2.02. The van der Waals surface area contributed by atoms with Gasteiger partial charge in [-0.2, -0.15) is 0 Å². The number of methoxy groups -OCH3 is 1. The number of hydrogen-bond acceptors (Lipinski definition) is 1. The van der Waals surface area contributed by atoms with Crippen LogP contribution < -0.4 is 4.74 Å². The molecule has 0 amide bonds. The Morgan fingerprint density at radius 1 is 1.58 bits per heavy atom. The summed E-state index contributed by atoms with van der Waals surface area (Å²) in [6.45, 7) is 3.66. The quantitative estimate of drug-likeness (QED) is 0.600. The summed E-state index contributed by atoms with van der Waals surface area (Å²) in [5.74, 6) is 3.29. The Kier molecular flexibility index (Phi) is 2.55. The summed E-state index contributed by atoms with van der Waals surface area (Å²) in [6.07, 6.45) is 7.04. The van der Waals surface area contributed by atoms with Crippen LogP contribution in [0.5, 0.6) is 5.75 Å². The fourth-order valence-corrected chi connectivity index (χ4v) is 1.04. The molecular weight excluding hydrogens is 148 g/mol. The van der Waals surface area contributed by atoms with Crippen LogP contribution in [-0.2, 0) is 0 Å². The zero-order valence-corrected chi connectivity index (χ0v) is 7.00. The molecule has 1 nitrogen and oxygen atoms in total. The van der Waals surface area contributed by atoms with Gasteiger partial charge in [0, 0.05) is 0 Å². The third kappa shape index (κ3) is 1.33. The summed E-state index contributed by atoms with van der Waals surface area (Å²) in [5.41, 5.74) is 1.69. The van der Waals surface area contributed by atoms with Gasteiger partial charge in [-0.15, -0.1) is 6.42 Å². The van der Waals surface area contributed by atoms with Crippen LogP contribution in [-0.4, -0.2) is 7.11 Å². The zero-order chi connectivity index (χ0) is 8.97. The van der Waals surface area contributed by atoms with Gasteiger partial charge in [0.1, 0.15) is 5.75 Å². The second kappa shape index (κ2) is 3.64. The van der Waals surface area contributed by atoms with Gasteiger partial charge in [-0.25, -0.2) is 0 Å². The van der Waals surface area contributed by atoms with E-state index in [1.54, 1.807) is 13.2 Å². The van der Waals surface area contributed by atoms with Crippen molar-refractivity contribution in [1.29, 1.82) is 0 Å². The molecule has 0 aliphatic carbocycles. The standard InChI is InChI=1S/C11H10O/c1-4-9-7-6-8-11(12-3)10(9)5-2/h2,4,6-8H,1H2,3H3. The lowest BCUT2D eigenvalue weighted by Crippen LogP contribution is -1.89. The molecule has 0 aliphatic rings. The van der Waals surface area contributed by atoms with Crippen molar-refractivity contribution in [1.82, 2.24) is 0 Å². The number of benzene rings is 1. The normalized spacial score (nSPS) is 8.67. The van der Waals surface area contributed by atoms with Crippen molar-refractivity contribution in [2.24, 2.45) is 0 Å². The molecule has 0 aromatic heterocycles. The maximum absolute atomic E-state index is 5.32. The first-order valence-corrected chi connectivity index (χ1v) is 3.59. The van der Waals surface area contributed by atoms with Crippen molar-refractivity contribution in [3.8, 4) is 18.1 Å². The molecule has 0 bridgehead atoms. The Labute approximate surface area is 72.7 Å². The van der Waals surface area contributed by atoms with E-state index in [2.05, 4.69) is 12.5 Å². The van der Waals surface area contributed by atoms with Crippen molar-refractivity contribution in [2.75, 3.05) is 7.11 Å². The highest BCUT2D eigenvalue weighted by molar-refractivity contribution is 5.62. The molecule has 1 heteroatoms. The van der Waals surface area contributed by atoms with Gasteiger partial charge in [-0.3, -0.25) is 0 Å². The molecule has 12 heavy (non-hydrogen) atoms. The van der Waals surface area contributed by atoms with Crippen LogP contribution in [0, 0.1) is 12.3 Å². The molecule has 0 unspecified atom stereocenters. The Hall–Kier alpha value is -1.68. The van der Waals surface area contributed by atoms with Gasteiger partial charge in [0.05, 0.1) is 12.7 Å². The first-order valence-electron chi connectivity index (χ1n) is 3.59. The predicted octanol–water partition coefficient (Wildman–Crippen LogP) is 2.32. The van der Waals surface area contributed by atoms with E-state index in [0.29, 0.717) is 0 Å². The molecule has 1 rings (SSSR count). The van der Waals surface area contributed by atoms with E-state index in [1.165, 1.54) is 0 Å². The average molecular weight is 158 g/mol. The second-order valence-corrected chi connectivity index (χ2v) is 2.27. The van der Waals surface area contributed by atoms with E-state index < -0.39 is 0 Å². The maximum Gasteiger partial charge on any atom is 0.135 e. The molecule has 0 atom stereocenters. The Morgan fingerprint density at radius 3 is 2.83 bits per heavy atom.